The van der Waals surface area contributed by atoms with Gasteiger partial charge in [-0.25, -0.2) is 0 Å². The van der Waals surface area contributed by atoms with E-state index in [4.69, 9.17) is 0 Å². The van der Waals surface area contributed by atoms with Gasteiger partial charge in [-0.15, -0.1) is 0 Å². The van der Waals surface area contributed by atoms with Crippen LogP contribution >= 0.6 is 11.8 Å². The van der Waals surface area contributed by atoms with Gasteiger partial charge in [-0.1, -0.05) is 33.1 Å². The molecule has 0 spiro atoms. The first-order valence-corrected chi connectivity index (χ1v) is 8.25. The topological polar surface area (TPSA) is 12.0 Å². The molecule has 1 N–H and O–H groups in total. The van der Waals surface area contributed by atoms with Crippen molar-refractivity contribution < 1.29 is 0 Å². The third kappa shape index (κ3) is 5.58. The van der Waals surface area contributed by atoms with Crippen molar-refractivity contribution in [2.75, 3.05) is 11.5 Å². The maximum absolute atomic E-state index is 3.83. The van der Waals surface area contributed by atoms with Gasteiger partial charge in [-0.05, 0) is 43.6 Å². The highest BCUT2D eigenvalue weighted by atomic mass is 32.2. The second-order valence-electron chi connectivity index (χ2n) is 5.19. The van der Waals surface area contributed by atoms with Crippen LogP contribution in [0.2, 0.25) is 0 Å². The Bertz CT molecular complexity index is 172. The molecule has 0 aromatic carbocycles. The van der Waals surface area contributed by atoms with Crippen LogP contribution in [-0.4, -0.2) is 23.6 Å². The molecule has 3 atom stereocenters. The van der Waals surface area contributed by atoms with E-state index in [1.165, 1.54) is 50.0 Å². The standard InChI is InChI=1S/C14H29NS/c1-4-13-7-6-8-14(11-13)15-12(3)9-10-16-5-2/h12-15H,4-11H2,1-3H3. The third-order valence-electron chi connectivity index (χ3n) is 3.78. The van der Waals surface area contributed by atoms with Gasteiger partial charge in [0.25, 0.3) is 0 Å². The van der Waals surface area contributed by atoms with Gasteiger partial charge in [0.15, 0.2) is 0 Å². The molecule has 1 fully saturated rings. The van der Waals surface area contributed by atoms with Gasteiger partial charge in [0, 0.05) is 12.1 Å². The molecule has 3 unspecified atom stereocenters. The SMILES string of the molecule is CCSCCC(C)NC1CCCC(CC)C1. The van der Waals surface area contributed by atoms with Gasteiger partial charge in [0.1, 0.15) is 0 Å². The zero-order valence-electron chi connectivity index (χ0n) is 11.3. The summed E-state index contributed by atoms with van der Waals surface area (Å²) in [6.07, 6.45) is 8.43. The van der Waals surface area contributed by atoms with Gasteiger partial charge < -0.3 is 5.32 Å². The van der Waals surface area contributed by atoms with Gasteiger partial charge in [0.2, 0.25) is 0 Å². The molecule has 2 heteroatoms. The van der Waals surface area contributed by atoms with Crippen LogP contribution in [0.15, 0.2) is 0 Å². The summed E-state index contributed by atoms with van der Waals surface area (Å²) in [6.45, 7) is 6.94. The first-order valence-electron chi connectivity index (χ1n) is 7.10. The molecular formula is C14H29NS. The Balaban J connectivity index is 2.14. The lowest BCUT2D eigenvalue weighted by Gasteiger charge is -2.31. The summed E-state index contributed by atoms with van der Waals surface area (Å²) in [5.74, 6) is 3.56. The zero-order chi connectivity index (χ0) is 11.8. The normalized spacial score (nSPS) is 27.9. The maximum Gasteiger partial charge on any atom is 0.00721 e. The molecule has 1 aliphatic carbocycles. The number of hydrogen-bond donors (Lipinski definition) is 1. The smallest absolute Gasteiger partial charge is 0.00721 e. The van der Waals surface area contributed by atoms with Crippen LogP contribution in [0, 0.1) is 5.92 Å². The Morgan fingerprint density at radius 3 is 2.81 bits per heavy atom. The molecular weight excluding hydrogens is 214 g/mol. The number of hydrogen-bond acceptors (Lipinski definition) is 2. The van der Waals surface area contributed by atoms with E-state index in [9.17, 15) is 0 Å². The monoisotopic (exact) mass is 243 g/mol. The van der Waals surface area contributed by atoms with Crippen molar-refractivity contribution in [1.82, 2.24) is 5.32 Å². The summed E-state index contributed by atoms with van der Waals surface area (Å²) in [5.41, 5.74) is 0. The fourth-order valence-corrected chi connectivity index (χ4v) is 3.51. The lowest BCUT2D eigenvalue weighted by Crippen LogP contribution is -2.39. The fraction of sp³-hybridized carbons (Fsp3) is 1.00. The Hall–Kier alpha value is 0.310. The van der Waals surface area contributed by atoms with Crippen LogP contribution < -0.4 is 5.32 Å². The van der Waals surface area contributed by atoms with Crippen molar-refractivity contribution in [2.45, 2.75) is 71.4 Å². The van der Waals surface area contributed by atoms with E-state index in [2.05, 4.69) is 37.8 Å². The second kappa shape index (κ2) is 8.41. The van der Waals surface area contributed by atoms with Crippen LogP contribution in [0.1, 0.15) is 59.3 Å². The third-order valence-corrected chi connectivity index (χ3v) is 4.71. The van der Waals surface area contributed by atoms with Gasteiger partial charge in [-0.3, -0.25) is 0 Å². The predicted octanol–water partition coefficient (Wildman–Crippen LogP) is 4.08. The van der Waals surface area contributed by atoms with Crippen LogP contribution in [0.3, 0.4) is 0 Å². The van der Waals surface area contributed by atoms with Gasteiger partial charge in [-0.2, -0.15) is 11.8 Å². The highest BCUT2D eigenvalue weighted by Crippen LogP contribution is 2.26. The average Bonchev–Trinajstić information content (AvgIpc) is 2.29. The van der Waals surface area contributed by atoms with Gasteiger partial charge in [0.05, 0.1) is 0 Å². The van der Waals surface area contributed by atoms with Crippen molar-refractivity contribution >= 4 is 11.8 Å². The zero-order valence-corrected chi connectivity index (χ0v) is 12.1. The largest absolute Gasteiger partial charge is 0.311 e. The molecule has 1 rings (SSSR count). The molecule has 0 aromatic heterocycles. The Morgan fingerprint density at radius 1 is 1.31 bits per heavy atom. The van der Waals surface area contributed by atoms with E-state index < -0.39 is 0 Å². The molecule has 96 valence electrons. The van der Waals surface area contributed by atoms with Crippen molar-refractivity contribution in [1.29, 1.82) is 0 Å². The Kier molecular flexibility index (Phi) is 7.55. The van der Waals surface area contributed by atoms with E-state index in [-0.39, 0.29) is 0 Å². The first-order chi connectivity index (χ1) is 7.76. The summed E-state index contributed by atoms with van der Waals surface area (Å²) in [6, 6.07) is 1.51. The summed E-state index contributed by atoms with van der Waals surface area (Å²) in [5, 5.41) is 3.83. The Morgan fingerprint density at radius 2 is 2.12 bits per heavy atom. The van der Waals surface area contributed by atoms with Gasteiger partial charge >= 0.3 is 0 Å². The number of rotatable bonds is 7. The molecule has 1 aliphatic rings. The number of nitrogens with one attached hydrogen (secondary N) is 1. The molecule has 0 radical (unpaired) electrons. The van der Waals surface area contributed by atoms with E-state index in [0.29, 0.717) is 6.04 Å². The summed E-state index contributed by atoms with van der Waals surface area (Å²) < 4.78 is 0. The quantitative estimate of drug-likeness (QED) is 0.676. The Labute approximate surface area is 106 Å². The average molecular weight is 243 g/mol. The van der Waals surface area contributed by atoms with E-state index in [1.807, 2.05) is 0 Å². The minimum Gasteiger partial charge on any atom is -0.311 e. The molecule has 0 amide bonds. The molecule has 1 nitrogen and oxygen atoms in total. The lowest BCUT2D eigenvalue weighted by molar-refractivity contribution is 0.264. The van der Waals surface area contributed by atoms with Crippen molar-refractivity contribution in [3.8, 4) is 0 Å². The molecule has 0 bridgehead atoms. The van der Waals surface area contributed by atoms with E-state index in [0.717, 1.165) is 12.0 Å². The van der Waals surface area contributed by atoms with Crippen molar-refractivity contribution in [2.24, 2.45) is 5.92 Å². The van der Waals surface area contributed by atoms with Crippen molar-refractivity contribution in [3.63, 3.8) is 0 Å². The van der Waals surface area contributed by atoms with Crippen LogP contribution in [0.5, 0.6) is 0 Å². The number of thioether (sulfide) groups is 1. The molecule has 1 saturated carbocycles. The molecule has 0 aromatic rings. The summed E-state index contributed by atoms with van der Waals surface area (Å²) >= 11 is 2.06. The molecule has 0 aliphatic heterocycles. The highest BCUT2D eigenvalue weighted by Gasteiger charge is 2.21. The fourth-order valence-electron chi connectivity index (χ4n) is 2.70. The van der Waals surface area contributed by atoms with E-state index in [1.54, 1.807) is 0 Å². The molecule has 0 heterocycles. The lowest BCUT2D eigenvalue weighted by atomic mass is 9.84. The highest BCUT2D eigenvalue weighted by molar-refractivity contribution is 7.99. The first kappa shape index (κ1) is 14.4. The minimum absolute atomic E-state index is 0.708. The summed E-state index contributed by atoms with van der Waals surface area (Å²) in [7, 11) is 0. The second-order valence-corrected chi connectivity index (χ2v) is 6.58. The van der Waals surface area contributed by atoms with Crippen LogP contribution in [-0.2, 0) is 0 Å². The van der Waals surface area contributed by atoms with E-state index >= 15 is 0 Å². The van der Waals surface area contributed by atoms with Crippen LogP contribution in [0.25, 0.3) is 0 Å². The molecule has 16 heavy (non-hydrogen) atoms. The minimum atomic E-state index is 0.708. The maximum atomic E-state index is 3.83. The van der Waals surface area contributed by atoms with Crippen molar-refractivity contribution in [3.05, 3.63) is 0 Å². The summed E-state index contributed by atoms with van der Waals surface area (Å²) in [4.78, 5) is 0. The predicted molar refractivity (Wildman–Crippen MR) is 76.3 cm³/mol. The molecule has 0 saturated heterocycles. The van der Waals surface area contributed by atoms with Crippen LogP contribution in [0.4, 0.5) is 0 Å².